The van der Waals surface area contributed by atoms with Crippen LogP contribution in [0.15, 0.2) is 0 Å². The van der Waals surface area contributed by atoms with Gasteiger partial charge in [0.2, 0.25) is 0 Å². The average molecular weight is 225 g/mol. The molecule has 0 aromatic heterocycles. The molecular weight excluding hydrogens is 208 g/mol. The van der Waals surface area contributed by atoms with Crippen LogP contribution in [0.3, 0.4) is 0 Å². The predicted molar refractivity (Wildman–Crippen MR) is 59.8 cm³/mol. The first-order chi connectivity index (χ1) is 5.74. The van der Waals surface area contributed by atoms with Gasteiger partial charge in [-0.05, 0) is 0 Å². The van der Waals surface area contributed by atoms with Crippen molar-refractivity contribution in [3.8, 4) is 0 Å². The van der Waals surface area contributed by atoms with E-state index in [1.165, 1.54) is 0 Å². The van der Waals surface area contributed by atoms with Crippen LogP contribution >= 0.6 is 14.6 Å². The number of carboxylic acid groups (broad SMARTS) is 1. The number of carbonyl (C=O) groups excluding carboxylic acids is 1. The summed E-state index contributed by atoms with van der Waals surface area (Å²) >= 11 is 0. The van der Waals surface area contributed by atoms with Crippen molar-refractivity contribution >= 4 is 25.9 Å². The van der Waals surface area contributed by atoms with Crippen LogP contribution in [0.1, 0.15) is 13.8 Å². The molecule has 78 valence electrons. The fraction of sp³-hybridized carbons (Fsp3) is 0.714. The summed E-state index contributed by atoms with van der Waals surface area (Å²) in [6, 6.07) is 0. The van der Waals surface area contributed by atoms with Gasteiger partial charge in [-0.3, -0.25) is 0 Å². The van der Waals surface area contributed by atoms with Gasteiger partial charge in [0.15, 0.2) is 0 Å². The van der Waals surface area contributed by atoms with Crippen LogP contribution in [0.2, 0.25) is 0 Å². The van der Waals surface area contributed by atoms with E-state index in [-0.39, 0.29) is 5.66 Å². The molecular formula is C7H17NO3P2. The van der Waals surface area contributed by atoms with Crippen LogP contribution < -0.4 is 5.73 Å². The Kier molecular flexibility index (Phi) is 4.28. The summed E-state index contributed by atoms with van der Waals surface area (Å²) in [5.74, 6) is 0. The zero-order chi connectivity index (χ0) is 10.8. The first-order valence-electron chi connectivity index (χ1n) is 4.01. The third-order valence-electron chi connectivity index (χ3n) is 2.58. The van der Waals surface area contributed by atoms with E-state index in [0.717, 1.165) is 0 Å². The second-order valence-corrected chi connectivity index (χ2v) is 13.7. The van der Waals surface area contributed by atoms with Gasteiger partial charge < -0.3 is 0 Å². The minimum atomic E-state index is -2.56. The van der Waals surface area contributed by atoms with Crippen LogP contribution in [-0.2, 0) is 0 Å². The maximum atomic E-state index is 11.1. The molecule has 0 heterocycles. The number of hydrogen-bond donors (Lipinski definition) is 2. The summed E-state index contributed by atoms with van der Waals surface area (Å²) in [6.45, 7) is 4.53. The van der Waals surface area contributed by atoms with Crippen LogP contribution in [0.25, 0.3) is 0 Å². The van der Waals surface area contributed by atoms with Crippen molar-refractivity contribution in [2.24, 2.45) is 5.73 Å². The summed E-state index contributed by atoms with van der Waals surface area (Å²) in [4.78, 5) is 22.1. The Morgan fingerprint density at radius 2 is 1.85 bits per heavy atom. The fourth-order valence-corrected chi connectivity index (χ4v) is 7.58. The molecule has 3 N–H and O–H groups in total. The van der Waals surface area contributed by atoms with E-state index < -0.39 is 25.9 Å². The Bertz CT molecular complexity index is 232. The average Bonchev–Trinajstić information content (AvgIpc) is 2.00. The van der Waals surface area contributed by atoms with Crippen molar-refractivity contribution in [1.82, 2.24) is 0 Å². The molecule has 0 aromatic carbocycles. The Morgan fingerprint density at radius 3 is 1.92 bits per heavy atom. The van der Waals surface area contributed by atoms with E-state index >= 15 is 0 Å². The molecule has 0 aliphatic rings. The summed E-state index contributed by atoms with van der Waals surface area (Å²) < 4.78 is 0. The van der Waals surface area contributed by atoms with Gasteiger partial charge in [-0.25, -0.2) is 0 Å². The van der Waals surface area contributed by atoms with Crippen LogP contribution in [-0.4, -0.2) is 35.5 Å². The van der Waals surface area contributed by atoms with Crippen molar-refractivity contribution in [1.29, 1.82) is 0 Å². The molecule has 0 rings (SSSR count). The molecule has 0 spiro atoms. The standard InChI is InChI=1S/C7H17NO3P2/c1-5(2)13(4,7(10)11)12(3)6(8)9/h5,13H,1-4H3,(H2,8,9)(H,10,11). The van der Waals surface area contributed by atoms with Gasteiger partial charge in [-0.2, -0.15) is 0 Å². The molecule has 0 radical (unpaired) electrons. The van der Waals surface area contributed by atoms with E-state index in [1.54, 1.807) is 13.3 Å². The van der Waals surface area contributed by atoms with Crippen LogP contribution in [0, 0.1) is 0 Å². The first-order valence-corrected chi connectivity index (χ1v) is 9.22. The summed E-state index contributed by atoms with van der Waals surface area (Å²) in [7, 11) is -1.19. The Balaban J connectivity index is 5.01. The van der Waals surface area contributed by atoms with Crippen LogP contribution in [0.4, 0.5) is 9.59 Å². The van der Waals surface area contributed by atoms with E-state index in [2.05, 4.69) is 0 Å². The molecule has 1 atom stereocenters. The zero-order valence-electron chi connectivity index (χ0n) is 8.37. The number of nitrogens with two attached hydrogens (primary N) is 1. The van der Waals surface area contributed by atoms with Crippen molar-refractivity contribution in [3.05, 3.63) is 0 Å². The number of primary amides is 1. The molecule has 13 heavy (non-hydrogen) atoms. The Hall–Kier alpha value is -0.200. The second-order valence-electron chi connectivity index (χ2n) is 3.50. The summed E-state index contributed by atoms with van der Waals surface area (Å²) in [5.41, 5.74) is 3.94. The number of rotatable bonds is 4. The third-order valence-corrected chi connectivity index (χ3v) is 14.7. The number of carbonyl (C=O) groups is 2. The molecule has 4 nitrogen and oxygen atoms in total. The van der Waals surface area contributed by atoms with E-state index in [9.17, 15) is 9.59 Å². The molecule has 0 aliphatic heterocycles. The minimum absolute atomic E-state index is 0.0358. The molecule has 0 aromatic rings. The Labute approximate surface area is 79.9 Å². The molecule has 1 amide bonds. The van der Waals surface area contributed by atoms with Gasteiger partial charge in [-0.1, -0.05) is 0 Å². The van der Waals surface area contributed by atoms with E-state index in [1.807, 2.05) is 13.8 Å². The van der Waals surface area contributed by atoms with Gasteiger partial charge >= 0.3 is 79.2 Å². The molecule has 0 fully saturated rings. The summed E-state index contributed by atoms with van der Waals surface area (Å²) in [6.07, 6.45) is 0. The SMILES string of the molecule is CC(C)[PH](C)(C(=O)O)P(C)C(N)=O. The van der Waals surface area contributed by atoms with Crippen LogP contribution in [0.5, 0.6) is 0 Å². The van der Waals surface area contributed by atoms with E-state index in [4.69, 9.17) is 10.8 Å². The van der Waals surface area contributed by atoms with Crippen molar-refractivity contribution in [2.45, 2.75) is 19.5 Å². The molecule has 0 saturated carbocycles. The zero-order valence-corrected chi connectivity index (χ0v) is 10.3. The van der Waals surface area contributed by atoms with Gasteiger partial charge in [0, 0.05) is 0 Å². The summed E-state index contributed by atoms with van der Waals surface area (Å²) in [5, 5.41) is 9.09. The molecule has 1 unspecified atom stereocenters. The quantitative estimate of drug-likeness (QED) is 0.721. The normalized spacial score (nSPS) is 15.5. The first kappa shape index (κ1) is 12.8. The van der Waals surface area contributed by atoms with Gasteiger partial charge in [0.25, 0.3) is 0 Å². The van der Waals surface area contributed by atoms with Crippen molar-refractivity contribution in [3.63, 3.8) is 0 Å². The fourth-order valence-electron chi connectivity index (χ4n) is 1.01. The molecule has 0 aliphatic carbocycles. The molecule has 0 bridgehead atoms. The van der Waals surface area contributed by atoms with Gasteiger partial charge in [-0.15, -0.1) is 0 Å². The van der Waals surface area contributed by atoms with Crippen molar-refractivity contribution < 1.29 is 14.7 Å². The number of hydrogen-bond acceptors (Lipinski definition) is 2. The van der Waals surface area contributed by atoms with E-state index in [0.29, 0.717) is 0 Å². The van der Waals surface area contributed by atoms with Crippen molar-refractivity contribution in [2.75, 3.05) is 13.3 Å². The topological polar surface area (TPSA) is 80.4 Å². The number of amides is 1. The monoisotopic (exact) mass is 225 g/mol. The molecule has 0 saturated heterocycles. The van der Waals surface area contributed by atoms with Gasteiger partial charge in [0.1, 0.15) is 0 Å². The third kappa shape index (κ3) is 2.38. The molecule has 6 heteroatoms. The maximum absolute atomic E-state index is 11.1. The predicted octanol–water partition coefficient (Wildman–Crippen LogP) is 2.56. The Morgan fingerprint density at radius 1 is 1.46 bits per heavy atom. The second kappa shape index (κ2) is 4.34. The van der Waals surface area contributed by atoms with Gasteiger partial charge in [0.05, 0.1) is 0 Å².